The Bertz CT molecular complexity index is 2030. The summed E-state index contributed by atoms with van der Waals surface area (Å²) < 4.78 is 16.4. The van der Waals surface area contributed by atoms with Gasteiger partial charge in [0.1, 0.15) is 41.0 Å². The average Bonchev–Trinajstić information content (AvgIpc) is 3.22. The van der Waals surface area contributed by atoms with E-state index in [1.807, 2.05) is 95.3 Å². The molecule has 382 valence electrons. The average molecular weight is 962 g/mol. The number of benzene rings is 2. The smallest absolute Gasteiger partial charge is 0.410 e. The Kier molecular flexibility index (Phi) is 19.9. The first-order valence-electron chi connectivity index (χ1n) is 24.4. The Morgan fingerprint density at radius 1 is 0.565 bits per heavy atom. The van der Waals surface area contributed by atoms with E-state index in [-0.39, 0.29) is 49.0 Å². The van der Waals surface area contributed by atoms with Crippen LogP contribution in [-0.2, 0) is 46.2 Å². The largest absolute Gasteiger partial charge is 0.444 e. The summed E-state index contributed by atoms with van der Waals surface area (Å²) in [7, 11) is 0. The van der Waals surface area contributed by atoms with Gasteiger partial charge >= 0.3 is 18.3 Å². The molecule has 69 heavy (non-hydrogen) atoms. The van der Waals surface area contributed by atoms with E-state index in [4.69, 9.17) is 14.2 Å². The maximum Gasteiger partial charge on any atom is 0.410 e. The zero-order valence-electron chi connectivity index (χ0n) is 42.8. The van der Waals surface area contributed by atoms with Gasteiger partial charge in [0.2, 0.25) is 23.6 Å². The molecule has 4 unspecified atom stereocenters. The topological polar surface area (TPSA) is 214 Å². The molecular formula is C52H79N7O10. The number of carbonyl (C=O) groups is 7. The van der Waals surface area contributed by atoms with E-state index in [0.717, 1.165) is 11.1 Å². The number of ether oxygens (including phenoxy) is 3. The van der Waals surface area contributed by atoms with E-state index in [1.54, 1.807) is 51.3 Å². The second-order valence-corrected chi connectivity index (χ2v) is 22.0. The molecule has 17 heteroatoms. The van der Waals surface area contributed by atoms with Crippen molar-refractivity contribution in [3.8, 4) is 0 Å². The monoisotopic (exact) mass is 962 g/mol. The number of likely N-dealkylation sites (tertiary alicyclic amines) is 2. The first-order valence-corrected chi connectivity index (χ1v) is 24.4. The summed E-state index contributed by atoms with van der Waals surface area (Å²) in [5.41, 5.74) is -0.700. The molecule has 7 amide bonds. The van der Waals surface area contributed by atoms with Crippen LogP contribution in [0.15, 0.2) is 60.7 Å². The summed E-state index contributed by atoms with van der Waals surface area (Å²) in [5.74, 6) is -2.12. The van der Waals surface area contributed by atoms with Crippen LogP contribution in [-0.4, -0.2) is 125 Å². The molecule has 0 bridgehead atoms. The number of hydrogen-bond donors (Lipinski definition) is 5. The van der Waals surface area contributed by atoms with Gasteiger partial charge in [-0.2, -0.15) is 0 Å². The molecule has 2 aromatic rings. The highest BCUT2D eigenvalue weighted by molar-refractivity contribution is 5.95. The molecule has 2 aromatic carbocycles. The molecule has 17 nitrogen and oxygen atoms in total. The number of amides is 7. The van der Waals surface area contributed by atoms with Gasteiger partial charge in [-0.15, -0.1) is 0 Å². The highest BCUT2D eigenvalue weighted by atomic mass is 16.6. The maximum absolute atomic E-state index is 14.5. The number of carbonyl (C=O) groups excluding carboxylic acids is 7. The first kappa shape index (κ1) is 55.7. The van der Waals surface area contributed by atoms with Crippen molar-refractivity contribution in [1.29, 1.82) is 0 Å². The standard InChI is InChI=1S/C52H79N7O10/c1-35(2)30-39(55-43(61)40(31-36-20-14-12-15-21-36)56-44(62)41(32-37-22-16-13-17-23-37)57-47(65)68-50(6,7)8)42(60)54-38(24-18-19-27-53-46(64)67-49(3,4)5)45(63)58-28-25-52(26-29-58)33-59(34-52)48(66)69-51(9,10)11/h12-17,20-23,35,38-41H,18-19,24-34H2,1-11H3,(H,53,64)(H,54,60)(H,55,61)(H,56,62)(H,57,65). The van der Waals surface area contributed by atoms with Gasteiger partial charge in [-0.3, -0.25) is 19.2 Å². The van der Waals surface area contributed by atoms with Gasteiger partial charge in [-0.1, -0.05) is 74.5 Å². The SMILES string of the molecule is CC(C)CC(NC(=O)C(Cc1ccccc1)NC(=O)C(Cc1ccccc1)NC(=O)OC(C)(C)C)C(=O)NC(CCCCNC(=O)OC(C)(C)C)C(=O)N1CCC2(CC1)CN(C(=O)OC(C)(C)C)C2. The highest BCUT2D eigenvalue weighted by Crippen LogP contribution is 2.41. The number of unbranched alkanes of at least 4 members (excludes halogenated alkanes) is 1. The molecule has 5 N–H and O–H groups in total. The van der Waals surface area contributed by atoms with Gasteiger partial charge in [0.05, 0.1) is 0 Å². The molecule has 0 radical (unpaired) electrons. The molecule has 2 aliphatic rings. The molecule has 0 saturated carbocycles. The van der Waals surface area contributed by atoms with E-state index >= 15 is 0 Å². The van der Waals surface area contributed by atoms with Gasteiger partial charge in [0.25, 0.3) is 0 Å². The third-order valence-corrected chi connectivity index (χ3v) is 11.6. The fraction of sp³-hybridized carbons (Fsp3) is 0.635. The zero-order valence-corrected chi connectivity index (χ0v) is 42.8. The Hall–Kier alpha value is -5.87. The molecule has 2 saturated heterocycles. The van der Waals surface area contributed by atoms with Crippen molar-refractivity contribution in [2.24, 2.45) is 11.3 Å². The normalized spacial score (nSPS) is 16.5. The fourth-order valence-electron chi connectivity index (χ4n) is 8.28. The van der Waals surface area contributed by atoms with Crippen LogP contribution in [0.25, 0.3) is 0 Å². The Morgan fingerprint density at radius 2 is 1.01 bits per heavy atom. The molecule has 4 atom stereocenters. The van der Waals surface area contributed by atoms with Crippen molar-refractivity contribution in [3.63, 3.8) is 0 Å². The predicted octanol–water partition coefficient (Wildman–Crippen LogP) is 6.42. The van der Waals surface area contributed by atoms with Crippen molar-refractivity contribution in [2.45, 2.75) is 168 Å². The Labute approximate surface area is 409 Å². The predicted molar refractivity (Wildman–Crippen MR) is 263 cm³/mol. The van der Waals surface area contributed by atoms with Crippen LogP contribution in [0.4, 0.5) is 14.4 Å². The van der Waals surface area contributed by atoms with Crippen molar-refractivity contribution < 1.29 is 47.8 Å². The van der Waals surface area contributed by atoms with Crippen molar-refractivity contribution >= 4 is 41.9 Å². The van der Waals surface area contributed by atoms with E-state index in [9.17, 15) is 33.6 Å². The number of rotatable bonds is 19. The molecular weight excluding hydrogens is 883 g/mol. The summed E-state index contributed by atoms with van der Waals surface area (Å²) in [6, 6.07) is 14.0. The fourth-order valence-corrected chi connectivity index (χ4v) is 8.28. The molecule has 2 aliphatic heterocycles. The molecule has 0 aromatic heterocycles. The van der Waals surface area contributed by atoms with E-state index in [2.05, 4.69) is 26.6 Å². The third kappa shape index (κ3) is 19.6. The number of nitrogens with zero attached hydrogens (tertiary/aromatic N) is 2. The van der Waals surface area contributed by atoms with Gasteiger partial charge in [0, 0.05) is 51.0 Å². The number of nitrogens with one attached hydrogen (secondary N) is 5. The van der Waals surface area contributed by atoms with Gasteiger partial charge < -0.3 is 50.6 Å². The van der Waals surface area contributed by atoms with Crippen LogP contribution in [0.5, 0.6) is 0 Å². The van der Waals surface area contributed by atoms with Crippen LogP contribution in [0.3, 0.4) is 0 Å². The van der Waals surface area contributed by atoms with Gasteiger partial charge in [-0.25, -0.2) is 14.4 Å². The molecule has 1 spiro atoms. The lowest BCUT2D eigenvalue weighted by atomic mass is 9.72. The number of hydrogen-bond acceptors (Lipinski definition) is 10. The van der Waals surface area contributed by atoms with Gasteiger partial charge in [0.15, 0.2) is 0 Å². The summed E-state index contributed by atoms with van der Waals surface area (Å²) >= 11 is 0. The lowest BCUT2D eigenvalue weighted by Gasteiger charge is -2.53. The minimum absolute atomic E-state index is 0.0643. The highest BCUT2D eigenvalue weighted by Gasteiger charge is 2.49. The minimum Gasteiger partial charge on any atom is -0.444 e. The van der Waals surface area contributed by atoms with Crippen molar-refractivity contribution in [1.82, 2.24) is 36.4 Å². The Balaban J connectivity index is 1.52. The van der Waals surface area contributed by atoms with E-state index < -0.39 is 70.9 Å². The molecule has 4 rings (SSSR count). The Morgan fingerprint density at radius 3 is 1.51 bits per heavy atom. The second kappa shape index (κ2) is 24.6. The molecule has 0 aliphatic carbocycles. The second-order valence-electron chi connectivity index (χ2n) is 22.0. The van der Waals surface area contributed by atoms with Crippen LogP contribution in [0, 0.1) is 11.3 Å². The zero-order chi connectivity index (χ0) is 51.2. The molecule has 2 heterocycles. The van der Waals surface area contributed by atoms with Crippen molar-refractivity contribution in [3.05, 3.63) is 71.8 Å². The number of piperidine rings is 1. The summed E-state index contributed by atoms with van der Waals surface area (Å²) in [5, 5.41) is 14.2. The third-order valence-electron chi connectivity index (χ3n) is 11.6. The van der Waals surface area contributed by atoms with E-state index in [1.165, 1.54) is 0 Å². The summed E-state index contributed by atoms with van der Waals surface area (Å²) in [6.07, 6.45) is 1.31. The minimum atomic E-state index is -1.17. The van der Waals surface area contributed by atoms with Crippen LogP contribution in [0.1, 0.15) is 126 Å². The molecule has 2 fully saturated rings. The van der Waals surface area contributed by atoms with Crippen LogP contribution < -0.4 is 26.6 Å². The maximum atomic E-state index is 14.5. The van der Waals surface area contributed by atoms with Gasteiger partial charge in [-0.05, 0) is 118 Å². The van der Waals surface area contributed by atoms with Crippen LogP contribution in [0.2, 0.25) is 0 Å². The van der Waals surface area contributed by atoms with Crippen molar-refractivity contribution in [2.75, 3.05) is 32.7 Å². The quantitative estimate of drug-likeness (QED) is 0.0770. The lowest BCUT2D eigenvalue weighted by molar-refractivity contribution is -0.141. The van der Waals surface area contributed by atoms with Crippen LogP contribution >= 0.6 is 0 Å². The summed E-state index contributed by atoms with van der Waals surface area (Å²) in [6.45, 7) is 22.1. The first-order chi connectivity index (χ1) is 32.2. The summed E-state index contributed by atoms with van der Waals surface area (Å²) in [4.78, 5) is 99.0. The van der Waals surface area contributed by atoms with E-state index in [0.29, 0.717) is 58.4 Å². The lowest BCUT2D eigenvalue weighted by Crippen LogP contribution is -2.64. The number of alkyl carbamates (subject to hydrolysis) is 2.